The first kappa shape index (κ1) is 14.5. The molecule has 1 heterocycles. The Bertz CT molecular complexity index is 808. The van der Waals surface area contributed by atoms with E-state index >= 15 is 0 Å². The van der Waals surface area contributed by atoms with Gasteiger partial charge in [-0.1, -0.05) is 18.2 Å². The van der Waals surface area contributed by atoms with E-state index in [4.69, 9.17) is 5.73 Å². The zero-order valence-electron chi connectivity index (χ0n) is 12.8. The Morgan fingerprint density at radius 3 is 2.68 bits per heavy atom. The Kier molecular flexibility index (Phi) is 3.81. The quantitative estimate of drug-likeness (QED) is 0.753. The van der Waals surface area contributed by atoms with Gasteiger partial charge in [-0.2, -0.15) is 0 Å². The van der Waals surface area contributed by atoms with Crippen LogP contribution in [0.3, 0.4) is 0 Å². The van der Waals surface area contributed by atoms with Gasteiger partial charge in [-0.05, 0) is 38.4 Å². The molecule has 0 amide bonds. The van der Waals surface area contributed by atoms with Crippen molar-refractivity contribution >= 4 is 16.7 Å². The summed E-state index contributed by atoms with van der Waals surface area (Å²) in [6.45, 7) is 1.63. The van der Waals surface area contributed by atoms with E-state index in [1.807, 2.05) is 38.4 Å². The third-order valence-corrected chi connectivity index (χ3v) is 3.66. The number of hydrogen-bond acceptors (Lipinski definition) is 3. The van der Waals surface area contributed by atoms with Crippen LogP contribution >= 0.6 is 0 Å². The van der Waals surface area contributed by atoms with Crippen molar-refractivity contribution in [3.8, 4) is 11.4 Å². The van der Waals surface area contributed by atoms with Gasteiger partial charge in [-0.25, -0.2) is 9.37 Å². The highest BCUT2D eigenvalue weighted by atomic mass is 19.1. The van der Waals surface area contributed by atoms with E-state index in [1.54, 1.807) is 6.07 Å². The van der Waals surface area contributed by atoms with Crippen molar-refractivity contribution in [2.45, 2.75) is 6.54 Å². The zero-order valence-corrected chi connectivity index (χ0v) is 12.8. The van der Waals surface area contributed by atoms with Crippen LogP contribution in [0, 0.1) is 5.82 Å². The number of halogens is 1. The molecule has 3 rings (SSSR count). The molecule has 22 heavy (non-hydrogen) atoms. The van der Waals surface area contributed by atoms with Crippen molar-refractivity contribution in [2.75, 3.05) is 26.4 Å². The van der Waals surface area contributed by atoms with Crippen LogP contribution in [0.2, 0.25) is 0 Å². The highest BCUT2D eigenvalue weighted by molar-refractivity contribution is 5.90. The third-order valence-electron chi connectivity index (χ3n) is 3.66. The first-order valence-electron chi connectivity index (χ1n) is 7.21. The number of aromatic nitrogens is 2. The Morgan fingerprint density at radius 2 is 1.95 bits per heavy atom. The summed E-state index contributed by atoms with van der Waals surface area (Å²) in [6.07, 6.45) is 0. The van der Waals surface area contributed by atoms with E-state index in [1.165, 1.54) is 12.1 Å². The topological polar surface area (TPSA) is 47.1 Å². The molecule has 0 radical (unpaired) electrons. The molecule has 0 unspecified atom stereocenters. The van der Waals surface area contributed by atoms with Crippen LogP contribution in [-0.4, -0.2) is 35.1 Å². The first-order chi connectivity index (χ1) is 10.6. The van der Waals surface area contributed by atoms with E-state index in [2.05, 4.69) is 14.5 Å². The molecule has 114 valence electrons. The number of hydrogen-bond donors (Lipinski definition) is 1. The molecular formula is C17H19FN4. The summed E-state index contributed by atoms with van der Waals surface area (Å²) in [5.74, 6) is 0.478. The van der Waals surface area contributed by atoms with Gasteiger partial charge >= 0.3 is 0 Å². The van der Waals surface area contributed by atoms with E-state index in [9.17, 15) is 4.39 Å². The lowest BCUT2D eigenvalue weighted by Crippen LogP contribution is -2.18. The number of anilines is 1. The van der Waals surface area contributed by atoms with Crippen molar-refractivity contribution in [1.82, 2.24) is 14.5 Å². The molecule has 0 fully saturated rings. The Hall–Kier alpha value is -2.40. The highest BCUT2D eigenvalue weighted by Gasteiger charge is 2.14. The number of rotatable bonds is 4. The summed E-state index contributed by atoms with van der Waals surface area (Å²) < 4.78 is 15.7. The molecule has 0 saturated heterocycles. The van der Waals surface area contributed by atoms with Crippen molar-refractivity contribution < 1.29 is 4.39 Å². The molecule has 0 atom stereocenters. The fourth-order valence-electron chi connectivity index (χ4n) is 2.54. The van der Waals surface area contributed by atoms with Crippen molar-refractivity contribution in [1.29, 1.82) is 0 Å². The zero-order chi connectivity index (χ0) is 15.7. The van der Waals surface area contributed by atoms with Gasteiger partial charge in [-0.15, -0.1) is 0 Å². The van der Waals surface area contributed by atoms with Crippen LogP contribution in [0.1, 0.15) is 0 Å². The maximum atomic E-state index is 13.6. The van der Waals surface area contributed by atoms with Crippen LogP contribution in [0.25, 0.3) is 22.4 Å². The molecule has 0 spiro atoms. The highest BCUT2D eigenvalue weighted by Crippen LogP contribution is 2.28. The SMILES string of the molecule is CN(C)CCn1c(-c2cccc(F)c2)nc2c(N)cccc21. The Labute approximate surface area is 129 Å². The van der Waals surface area contributed by atoms with Crippen molar-refractivity contribution in [2.24, 2.45) is 0 Å². The molecule has 0 saturated carbocycles. The minimum Gasteiger partial charge on any atom is -0.397 e. The second kappa shape index (κ2) is 5.77. The molecule has 0 bridgehead atoms. The van der Waals surface area contributed by atoms with Crippen LogP contribution in [0.15, 0.2) is 42.5 Å². The molecule has 0 aliphatic heterocycles. The monoisotopic (exact) mass is 298 g/mol. The molecule has 0 aliphatic rings. The lowest BCUT2D eigenvalue weighted by atomic mass is 10.2. The predicted octanol–water partition coefficient (Wildman–Crippen LogP) is 2.99. The smallest absolute Gasteiger partial charge is 0.141 e. The maximum Gasteiger partial charge on any atom is 0.141 e. The lowest BCUT2D eigenvalue weighted by Gasteiger charge is -2.13. The van der Waals surface area contributed by atoms with Crippen LogP contribution in [-0.2, 0) is 6.54 Å². The minimum absolute atomic E-state index is 0.267. The third kappa shape index (κ3) is 2.67. The van der Waals surface area contributed by atoms with Gasteiger partial charge in [0.1, 0.15) is 17.2 Å². The number of para-hydroxylation sites is 1. The first-order valence-corrected chi connectivity index (χ1v) is 7.21. The number of nitrogen functional groups attached to an aromatic ring is 1. The van der Waals surface area contributed by atoms with Crippen LogP contribution in [0.5, 0.6) is 0 Å². The normalized spacial score (nSPS) is 11.5. The fraction of sp³-hybridized carbons (Fsp3) is 0.235. The molecule has 3 aromatic rings. The van der Waals surface area contributed by atoms with Gasteiger partial charge in [0.2, 0.25) is 0 Å². The number of fused-ring (bicyclic) bond motifs is 1. The van der Waals surface area contributed by atoms with Gasteiger partial charge < -0.3 is 15.2 Å². The van der Waals surface area contributed by atoms with Gasteiger partial charge in [0.25, 0.3) is 0 Å². The number of imidazole rings is 1. The van der Waals surface area contributed by atoms with E-state index in [-0.39, 0.29) is 5.82 Å². The van der Waals surface area contributed by atoms with E-state index < -0.39 is 0 Å². The van der Waals surface area contributed by atoms with Crippen molar-refractivity contribution in [3.63, 3.8) is 0 Å². The van der Waals surface area contributed by atoms with E-state index in [0.29, 0.717) is 5.69 Å². The summed E-state index contributed by atoms with van der Waals surface area (Å²) >= 11 is 0. The Balaban J connectivity index is 2.19. The van der Waals surface area contributed by atoms with E-state index in [0.717, 1.165) is 35.5 Å². The van der Waals surface area contributed by atoms with Crippen molar-refractivity contribution in [3.05, 3.63) is 48.3 Å². The summed E-state index contributed by atoms with van der Waals surface area (Å²) in [5.41, 5.74) is 9.18. The summed E-state index contributed by atoms with van der Waals surface area (Å²) in [4.78, 5) is 6.76. The molecule has 4 nitrogen and oxygen atoms in total. The molecule has 0 aliphatic carbocycles. The largest absolute Gasteiger partial charge is 0.397 e. The molecular weight excluding hydrogens is 279 g/mol. The standard InChI is InChI=1S/C17H19FN4/c1-21(2)9-10-22-15-8-4-7-14(19)16(15)20-17(22)12-5-3-6-13(18)11-12/h3-8,11H,9-10,19H2,1-2H3. The molecule has 2 aromatic carbocycles. The number of nitrogens with two attached hydrogens (primary N) is 1. The second-order valence-corrected chi connectivity index (χ2v) is 5.62. The number of nitrogens with zero attached hydrogens (tertiary/aromatic N) is 3. The van der Waals surface area contributed by atoms with Gasteiger partial charge in [0, 0.05) is 18.7 Å². The average Bonchev–Trinajstić information content (AvgIpc) is 2.85. The minimum atomic E-state index is -0.267. The van der Waals surface area contributed by atoms with Gasteiger partial charge in [0.05, 0.1) is 11.2 Å². The average molecular weight is 298 g/mol. The van der Waals surface area contributed by atoms with Gasteiger partial charge in [-0.3, -0.25) is 0 Å². The number of benzene rings is 2. The summed E-state index contributed by atoms with van der Waals surface area (Å²) in [5, 5.41) is 0. The summed E-state index contributed by atoms with van der Waals surface area (Å²) in [6, 6.07) is 12.3. The molecule has 1 aromatic heterocycles. The maximum absolute atomic E-state index is 13.6. The number of likely N-dealkylation sites (N-methyl/N-ethyl adjacent to an activating group) is 1. The van der Waals surface area contributed by atoms with Gasteiger partial charge in [0.15, 0.2) is 0 Å². The predicted molar refractivity (Wildman–Crippen MR) is 88.1 cm³/mol. The Morgan fingerprint density at radius 1 is 1.18 bits per heavy atom. The lowest BCUT2D eigenvalue weighted by molar-refractivity contribution is 0.387. The molecule has 2 N–H and O–H groups in total. The fourth-order valence-corrected chi connectivity index (χ4v) is 2.54. The second-order valence-electron chi connectivity index (χ2n) is 5.62. The molecule has 5 heteroatoms. The summed E-state index contributed by atoms with van der Waals surface area (Å²) in [7, 11) is 4.05. The van der Waals surface area contributed by atoms with Crippen LogP contribution in [0.4, 0.5) is 10.1 Å². The van der Waals surface area contributed by atoms with Crippen LogP contribution < -0.4 is 5.73 Å².